The molecule has 0 N–H and O–H groups in total. The molecule has 2 atom stereocenters. The van der Waals surface area contributed by atoms with Gasteiger partial charge in [-0.25, -0.2) is 0 Å². The van der Waals surface area contributed by atoms with Crippen molar-refractivity contribution in [1.29, 1.82) is 0 Å². The van der Waals surface area contributed by atoms with Crippen molar-refractivity contribution in [2.75, 3.05) is 0 Å². The van der Waals surface area contributed by atoms with Crippen LogP contribution in [0, 0.1) is 11.8 Å². The van der Waals surface area contributed by atoms with Crippen LogP contribution in [0.4, 0.5) is 0 Å². The molecule has 0 amide bonds. The van der Waals surface area contributed by atoms with Crippen molar-refractivity contribution >= 4 is 11.6 Å². The third-order valence-corrected chi connectivity index (χ3v) is 4.76. The summed E-state index contributed by atoms with van der Waals surface area (Å²) >= 11 is 6.15. The van der Waals surface area contributed by atoms with E-state index in [-0.39, 0.29) is 0 Å². The summed E-state index contributed by atoms with van der Waals surface area (Å²) in [7, 11) is 0. The molecule has 2 unspecified atom stereocenters. The highest BCUT2D eigenvalue weighted by atomic mass is 35.5. The van der Waals surface area contributed by atoms with Gasteiger partial charge in [0.1, 0.15) is 5.82 Å². The molecule has 3 rings (SSSR count). The van der Waals surface area contributed by atoms with Gasteiger partial charge in [0.2, 0.25) is 5.28 Å². The summed E-state index contributed by atoms with van der Waals surface area (Å²) in [5, 5.41) is 8.86. The normalized spacial score (nSPS) is 28.6. The molecule has 4 heteroatoms. The third-order valence-electron chi connectivity index (χ3n) is 4.48. The molecule has 0 aliphatic heterocycles. The summed E-state index contributed by atoms with van der Waals surface area (Å²) in [6, 6.07) is 0. The lowest BCUT2D eigenvalue weighted by molar-refractivity contribution is 0.260. The molecule has 2 aliphatic rings. The second-order valence-electron chi connectivity index (χ2n) is 6.18. The van der Waals surface area contributed by atoms with Crippen LogP contribution in [0.25, 0.3) is 0 Å². The zero-order chi connectivity index (χ0) is 12.5. The summed E-state index contributed by atoms with van der Waals surface area (Å²) in [5.41, 5.74) is 0. The van der Waals surface area contributed by atoms with Gasteiger partial charge in [-0.1, -0.05) is 26.2 Å². The van der Waals surface area contributed by atoms with Crippen molar-refractivity contribution in [3.8, 4) is 0 Å². The highest BCUT2D eigenvalue weighted by Gasteiger charge is 2.30. The number of aromatic nitrogens is 3. The van der Waals surface area contributed by atoms with Gasteiger partial charge < -0.3 is 4.57 Å². The van der Waals surface area contributed by atoms with Gasteiger partial charge in [-0.05, 0) is 49.1 Å². The van der Waals surface area contributed by atoms with Crippen LogP contribution in [-0.2, 0) is 6.54 Å². The van der Waals surface area contributed by atoms with E-state index >= 15 is 0 Å². The zero-order valence-corrected chi connectivity index (χ0v) is 11.9. The predicted molar refractivity (Wildman–Crippen MR) is 72.7 cm³/mol. The summed E-state index contributed by atoms with van der Waals surface area (Å²) < 4.78 is 2.15. The average molecular weight is 268 g/mol. The summed E-state index contributed by atoms with van der Waals surface area (Å²) in [5.74, 6) is 3.54. The molecule has 2 aliphatic carbocycles. The highest BCUT2D eigenvalue weighted by Crippen LogP contribution is 2.40. The fraction of sp³-hybridized carbons (Fsp3) is 0.857. The fourth-order valence-electron chi connectivity index (χ4n) is 3.28. The fourth-order valence-corrected chi connectivity index (χ4v) is 3.49. The minimum atomic E-state index is 0.584. The standard InChI is InChI=1S/C14H22ClN3/c1-10-3-2-4-11(9-10)7-8-18-13(12-5-6-12)16-17-14(18)15/h10-12H,2-9H2,1H3. The Morgan fingerprint density at radius 1 is 1.22 bits per heavy atom. The maximum absolute atomic E-state index is 6.15. The lowest BCUT2D eigenvalue weighted by Gasteiger charge is -2.26. The zero-order valence-electron chi connectivity index (χ0n) is 11.1. The van der Waals surface area contributed by atoms with E-state index in [9.17, 15) is 0 Å². The lowest BCUT2D eigenvalue weighted by Crippen LogP contribution is -2.16. The van der Waals surface area contributed by atoms with Crippen LogP contribution in [0.1, 0.15) is 63.6 Å². The van der Waals surface area contributed by atoms with Gasteiger partial charge in [0, 0.05) is 12.5 Å². The maximum Gasteiger partial charge on any atom is 0.225 e. The predicted octanol–water partition coefficient (Wildman–Crippen LogP) is 4.03. The number of hydrogen-bond donors (Lipinski definition) is 0. The van der Waals surface area contributed by atoms with E-state index in [4.69, 9.17) is 11.6 Å². The molecule has 2 fully saturated rings. The van der Waals surface area contributed by atoms with Crippen LogP contribution in [0.3, 0.4) is 0 Å². The Kier molecular flexibility index (Phi) is 3.60. The molecule has 100 valence electrons. The Morgan fingerprint density at radius 2 is 2.06 bits per heavy atom. The quantitative estimate of drug-likeness (QED) is 0.825. The molecule has 0 saturated heterocycles. The van der Waals surface area contributed by atoms with Crippen molar-refractivity contribution in [2.24, 2.45) is 11.8 Å². The Labute approximate surface area is 114 Å². The summed E-state index contributed by atoms with van der Waals surface area (Å²) in [4.78, 5) is 0. The smallest absolute Gasteiger partial charge is 0.225 e. The first-order chi connectivity index (χ1) is 8.74. The van der Waals surface area contributed by atoms with Crippen LogP contribution in [0.5, 0.6) is 0 Å². The van der Waals surface area contributed by atoms with Crippen molar-refractivity contribution in [2.45, 2.75) is 64.3 Å². The first-order valence-corrected chi connectivity index (χ1v) is 7.70. The molecule has 1 aromatic heterocycles. The van der Waals surface area contributed by atoms with Crippen molar-refractivity contribution in [1.82, 2.24) is 14.8 Å². The van der Waals surface area contributed by atoms with Crippen molar-refractivity contribution in [3.63, 3.8) is 0 Å². The highest BCUT2D eigenvalue weighted by molar-refractivity contribution is 6.28. The molecule has 2 saturated carbocycles. The second-order valence-corrected chi connectivity index (χ2v) is 6.52. The Hall–Kier alpha value is -0.570. The first-order valence-electron chi connectivity index (χ1n) is 7.32. The third kappa shape index (κ3) is 2.71. The SMILES string of the molecule is CC1CCCC(CCn2c(Cl)nnc2C2CC2)C1. The van der Waals surface area contributed by atoms with Gasteiger partial charge in [0.25, 0.3) is 0 Å². The Bertz CT molecular complexity index is 411. The molecule has 0 radical (unpaired) electrons. The van der Waals surface area contributed by atoms with E-state index in [1.807, 2.05) is 0 Å². The summed E-state index contributed by atoms with van der Waals surface area (Å²) in [6.07, 6.45) is 9.35. The van der Waals surface area contributed by atoms with Crippen molar-refractivity contribution in [3.05, 3.63) is 11.1 Å². The molecular weight excluding hydrogens is 246 g/mol. The van der Waals surface area contributed by atoms with Gasteiger partial charge in [0.15, 0.2) is 0 Å². The average Bonchev–Trinajstić information content (AvgIpc) is 3.12. The van der Waals surface area contributed by atoms with Gasteiger partial charge in [-0.15, -0.1) is 10.2 Å². The van der Waals surface area contributed by atoms with E-state index in [1.54, 1.807) is 0 Å². The van der Waals surface area contributed by atoms with Crippen LogP contribution in [0.15, 0.2) is 0 Å². The van der Waals surface area contributed by atoms with Crippen LogP contribution < -0.4 is 0 Å². The van der Waals surface area contributed by atoms with Gasteiger partial charge in [-0.3, -0.25) is 0 Å². The lowest BCUT2D eigenvalue weighted by atomic mass is 9.81. The number of rotatable bonds is 4. The minimum Gasteiger partial charge on any atom is -0.302 e. The van der Waals surface area contributed by atoms with E-state index in [0.717, 1.165) is 24.2 Å². The molecule has 0 spiro atoms. The Balaban J connectivity index is 1.60. The number of hydrogen-bond acceptors (Lipinski definition) is 2. The minimum absolute atomic E-state index is 0.584. The van der Waals surface area contributed by atoms with E-state index in [1.165, 1.54) is 44.9 Å². The van der Waals surface area contributed by atoms with Gasteiger partial charge in [0.05, 0.1) is 0 Å². The molecule has 18 heavy (non-hydrogen) atoms. The first kappa shape index (κ1) is 12.5. The Morgan fingerprint density at radius 3 is 2.78 bits per heavy atom. The summed E-state index contributed by atoms with van der Waals surface area (Å²) in [6.45, 7) is 3.39. The van der Waals surface area contributed by atoms with Crippen LogP contribution >= 0.6 is 11.6 Å². The second kappa shape index (κ2) is 5.20. The molecule has 1 heterocycles. The molecule has 3 nitrogen and oxygen atoms in total. The maximum atomic E-state index is 6.15. The van der Waals surface area contributed by atoms with E-state index < -0.39 is 0 Å². The van der Waals surface area contributed by atoms with Gasteiger partial charge in [-0.2, -0.15) is 0 Å². The van der Waals surface area contributed by atoms with Gasteiger partial charge >= 0.3 is 0 Å². The molecule has 1 aromatic rings. The van der Waals surface area contributed by atoms with E-state index in [0.29, 0.717) is 11.2 Å². The number of halogens is 1. The molecular formula is C14H22ClN3. The number of nitrogens with zero attached hydrogens (tertiary/aromatic N) is 3. The van der Waals surface area contributed by atoms with E-state index in [2.05, 4.69) is 21.7 Å². The van der Waals surface area contributed by atoms with Crippen LogP contribution in [-0.4, -0.2) is 14.8 Å². The largest absolute Gasteiger partial charge is 0.302 e. The van der Waals surface area contributed by atoms with Crippen molar-refractivity contribution < 1.29 is 0 Å². The van der Waals surface area contributed by atoms with Crippen LogP contribution in [0.2, 0.25) is 5.28 Å². The molecule has 0 bridgehead atoms. The topological polar surface area (TPSA) is 30.7 Å². The monoisotopic (exact) mass is 267 g/mol. The molecule has 0 aromatic carbocycles.